The van der Waals surface area contributed by atoms with Gasteiger partial charge in [-0.3, -0.25) is 4.79 Å². The second-order valence-electron chi connectivity index (χ2n) is 3.29. The van der Waals surface area contributed by atoms with E-state index in [0.717, 1.165) is 19.5 Å². The van der Waals surface area contributed by atoms with Crippen LogP contribution in [0.1, 0.15) is 54.9 Å². The van der Waals surface area contributed by atoms with Gasteiger partial charge >= 0.3 is 0 Å². The van der Waals surface area contributed by atoms with E-state index in [2.05, 4.69) is 24.2 Å². The van der Waals surface area contributed by atoms with E-state index in [1.807, 2.05) is 34.6 Å². The Morgan fingerprint density at radius 3 is 2.00 bits per heavy atom. The van der Waals surface area contributed by atoms with Crippen LogP contribution in [0.2, 0.25) is 0 Å². The summed E-state index contributed by atoms with van der Waals surface area (Å²) in [5.41, 5.74) is 0. The summed E-state index contributed by atoms with van der Waals surface area (Å²) in [5.74, 6) is 0.0571. The molecule has 0 saturated heterocycles. The molecule has 0 aliphatic heterocycles. The van der Waals surface area contributed by atoms with Gasteiger partial charge in [0.05, 0.1) is 0 Å². The van der Waals surface area contributed by atoms with Crippen molar-refractivity contribution in [3.05, 3.63) is 0 Å². The van der Waals surface area contributed by atoms with Gasteiger partial charge in [-0.05, 0) is 33.5 Å². The first-order valence-electron chi connectivity index (χ1n) is 6.52. The van der Waals surface area contributed by atoms with Crippen LogP contribution in [-0.4, -0.2) is 37.0 Å². The summed E-state index contributed by atoms with van der Waals surface area (Å²) in [6.45, 7) is 15.8. The average molecular weight is 232 g/mol. The Morgan fingerprint density at radius 2 is 1.69 bits per heavy atom. The van der Waals surface area contributed by atoms with Gasteiger partial charge in [-0.2, -0.15) is 0 Å². The molecular weight excluding hydrogens is 200 g/mol. The first-order valence-corrected chi connectivity index (χ1v) is 6.52. The quantitative estimate of drug-likeness (QED) is 0.790. The molecule has 0 bridgehead atoms. The number of hydrogen-bond acceptors (Lipinski definition) is 2. The van der Waals surface area contributed by atoms with Crippen molar-refractivity contribution in [1.82, 2.24) is 10.2 Å². The van der Waals surface area contributed by atoms with Crippen LogP contribution in [0.3, 0.4) is 0 Å². The van der Waals surface area contributed by atoms with Gasteiger partial charge in [0.25, 0.3) is 0 Å². The molecule has 0 spiro atoms. The highest BCUT2D eigenvalue weighted by molar-refractivity contribution is 5.73. The maximum absolute atomic E-state index is 10.6. The molecule has 3 heteroatoms. The smallest absolute Gasteiger partial charge is 0.217 e. The highest BCUT2D eigenvalue weighted by atomic mass is 16.1. The molecule has 0 saturated carbocycles. The van der Waals surface area contributed by atoms with Crippen LogP contribution < -0.4 is 5.32 Å². The van der Waals surface area contributed by atoms with Gasteiger partial charge in [-0.1, -0.05) is 34.6 Å². The molecule has 0 aromatic heterocycles. The fourth-order valence-electron chi connectivity index (χ4n) is 0.991. The third-order valence-corrected chi connectivity index (χ3v) is 1.93. The second-order valence-corrected chi connectivity index (χ2v) is 3.29. The topological polar surface area (TPSA) is 32.3 Å². The van der Waals surface area contributed by atoms with E-state index in [0.29, 0.717) is 0 Å². The van der Waals surface area contributed by atoms with Crippen molar-refractivity contribution in [3.8, 4) is 0 Å². The van der Waals surface area contributed by atoms with Gasteiger partial charge in [0.1, 0.15) is 0 Å². The molecule has 1 amide bonds. The molecule has 1 N–H and O–H groups in total. The third-order valence-electron chi connectivity index (χ3n) is 1.93. The molecule has 1 atom stereocenters. The summed E-state index contributed by atoms with van der Waals surface area (Å²) in [6, 6.07) is 0.288. The Bertz CT molecular complexity index is 138. The predicted molar refractivity (Wildman–Crippen MR) is 73.8 cm³/mol. The SMILES string of the molecule is CC.CC.CCN(C)CCC(C)NC(C)=O. The molecule has 1 unspecified atom stereocenters. The van der Waals surface area contributed by atoms with Crippen LogP contribution in [0.15, 0.2) is 0 Å². The predicted octanol–water partition coefficient (Wildman–Crippen LogP) is 2.91. The summed E-state index contributed by atoms with van der Waals surface area (Å²) in [6.07, 6.45) is 1.02. The molecule has 16 heavy (non-hydrogen) atoms. The lowest BCUT2D eigenvalue weighted by atomic mass is 10.2. The number of nitrogens with zero attached hydrogens (tertiary/aromatic N) is 1. The minimum Gasteiger partial charge on any atom is -0.354 e. The summed E-state index contributed by atoms with van der Waals surface area (Å²) in [7, 11) is 2.08. The maximum Gasteiger partial charge on any atom is 0.217 e. The van der Waals surface area contributed by atoms with Gasteiger partial charge < -0.3 is 10.2 Å². The standard InChI is InChI=1S/C9H20N2O.2C2H6/c1-5-11(4)7-6-8(2)10-9(3)12;2*1-2/h8H,5-7H2,1-4H3,(H,10,12);2*1-2H3. The van der Waals surface area contributed by atoms with Gasteiger partial charge in [-0.25, -0.2) is 0 Å². The Kier molecular flexibility index (Phi) is 21.9. The first-order chi connectivity index (χ1) is 7.56. The van der Waals surface area contributed by atoms with Crippen molar-refractivity contribution in [2.45, 2.75) is 60.9 Å². The van der Waals surface area contributed by atoms with E-state index in [4.69, 9.17) is 0 Å². The Labute approximate surface area is 103 Å². The summed E-state index contributed by atoms with van der Waals surface area (Å²) in [5, 5.41) is 2.86. The molecule has 3 nitrogen and oxygen atoms in total. The second kappa shape index (κ2) is 16.8. The fraction of sp³-hybridized carbons (Fsp3) is 0.923. The number of carbonyl (C=O) groups excluding carboxylic acids is 1. The van der Waals surface area contributed by atoms with Gasteiger partial charge in [0.2, 0.25) is 5.91 Å². The van der Waals surface area contributed by atoms with Crippen molar-refractivity contribution < 1.29 is 4.79 Å². The number of amides is 1. The number of nitrogens with one attached hydrogen (secondary N) is 1. The van der Waals surface area contributed by atoms with E-state index >= 15 is 0 Å². The lowest BCUT2D eigenvalue weighted by Gasteiger charge is -2.17. The zero-order chi connectivity index (χ0) is 13.6. The van der Waals surface area contributed by atoms with Gasteiger partial charge in [0.15, 0.2) is 0 Å². The highest BCUT2D eigenvalue weighted by Crippen LogP contribution is 1.93. The molecular formula is C13H32N2O. The van der Waals surface area contributed by atoms with Crippen LogP contribution in [-0.2, 0) is 4.79 Å². The average Bonchev–Trinajstić information content (AvgIpc) is 2.30. The van der Waals surface area contributed by atoms with Crippen molar-refractivity contribution in [2.75, 3.05) is 20.1 Å². The lowest BCUT2D eigenvalue weighted by Crippen LogP contribution is -2.33. The van der Waals surface area contributed by atoms with Gasteiger partial charge in [0, 0.05) is 13.0 Å². The lowest BCUT2D eigenvalue weighted by molar-refractivity contribution is -0.119. The molecule has 100 valence electrons. The largest absolute Gasteiger partial charge is 0.354 e. The Hall–Kier alpha value is -0.570. The number of carbonyl (C=O) groups is 1. The molecule has 0 aliphatic carbocycles. The normalized spacial score (nSPS) is 10.6. The van der Waals surface area contributed by atoms with E-state index in [1.54, 1.807) is 6.92 Å². The van der Waals surface area contributed by atoms with E-state index in [1.165, 1.54) is 0 Å². The van der Waals surface area contributed by atoms with Crippen LogP contribution in [0.25, 0.3) is 0 Å². The van der Waals surface area contributed by atoms with E-state index in [-0.39, 0.29) is 11.9 Å². The van der Waals surface area contributed by atoms with Crippen LogP contribution >= 0.6 is 0 Å². The molecule has 0 aromatic rings. The van der Waals surface area contributed by atoms with Crippen molar-refractivity contribution in [3.63, 3.8) is 0 Å². The Morgan fingerprint density at radius 1 is 1.25 bits per heavy atom. The number of hydrogen-bond donors (Lipinski definition) is 1. The van der Waals surface area contributed by atoms with Crippen LogP contribution in [0.5, 0.6) is 0 Å². The third kappa shape index (κ3) is 19.1. The first kappa shape index (κ1) is 20.8. The minimum absolute atomic E-state index is 0.0571. The summed E-state index contributed by atoms with van der Waals surface area (Å²) < 4.78 is 0. The van der Waals surface area contributed by atoms with Gasteiger partial charge in [-0.15, -0.1) is 0 Å². The van der Waals surface area contributed by atoms with Crippen LogP contribution in [0.4, 0.5) is 0 Å². The zero-order valence-electron chi connectivity index (χ0n) is 12.6. The molecule has 0 fully saturated rings. The highest BCUT2D eigenvalue weighted by Gasteiger charge is 2.03. The molecule has 0 heterocycles. The molecule has 0 aliphatic rings. The van der Waals surface area contributed by atoms with Crippen molar-refractivity contribution in [2.24, 2.45) is 0 Å². The molecule has 0 radical (unpaired) electrons. The summed E-state index contributed by atoms with van der Waals surface area (Å²) in [4.78, 5) is 12.9. The molecule has 0 rings (SSSR count). The van der Waals surface area contributed by atoms with Crippen molar-refractivity contribution >= 4 is 5.91 Å². The molecule has 0 aromatic carbocycles. The fourth-order valence-corrected chi connectivity index (χ4v) is 0.991. The maximum atomic E-state index is 10.6. The van der Waals surface area contributed by atoms with Crippen LogP contribution in [0, 0.1) is 0 Å². The minimum atomic E-state index is 0.0571. The summed E-state index contributed by atoms with van der Waals surface area (Å²) >= 11 is 0. The number of rotatable bonds is 5. The monoisotopic (exact) mass is 232 g/mol. The van der Waals surface area contributed by atoms with E-state index < -0.39 is 0 Å². The van der Waals surface area contributed by atoms with Crippen molar-refractivity contribution in [1.29, 1.82) is 0 Å². The van der Waals surface area contributed by atoms with E-state index in [9.17, 15) is 4.79 Å². The zero-order valence-corrected chi connectivity index (χ0v) is 12.6. The Balaban J connectivity index is -0.000000376.